The third kappa shape index (κ3) is 5.67. The zero-order chi connectivity index (χ0) is 27.4. The summed E-state index contributed by atoms with van der Waals surface area (Å²) < 4.78 is 25.0. The van der Waals surface area contributed by atoms with Crippen molar-refractivity contribution in [3.8, 4) is 12.3 Å². The van der Waals surface area contributed by atoms with Crippen LogP contribution in [0.4, 0.5) is 5.69 Å². The highest BCUT2D eigenvalue weighted by molar-refractivity contribution is 7.91. The zero-order valence-electron chi connectivity index (χ0n) is 21.0. The highest BCUT2D eigenvalue weighted by Crippen LogP contribution is 2.28. The van der Waals surface area contributed by atoms with Gasteiger partial charge in [-0.2, -0.15) is 0 Å². The second kappa shape index (κ2) is 11.0. The molecule has 0 aliphatic carbocycles. The van der Waals surface area contributed by atoms with Crippen molar-refractivity contribution in [3.63, 3.8) is 0 Å². The minimum Gasteiger partial charge on any atom is -0.388 e. The first-order valence-electron chi connectivity index (χ1n) is 11.8. The summed E-state index contributed by atoms with van der Waals surface area (Å²) in [6.45, 7) is 2.19. The number of aliphatic hydroxyl groups excluding tert-OH is 1. The van der Waals surface area contributed by atoms with Crippen LogP contribution in [0, 0.1) is 19.3 Å². The van der Waals surface area contributed by atoms with Crippen molar-refractivity contribution in [2.45, 2.75) is 25.3 Å². The Hall–Kier alpha value is -4.26. The number of aliphatic hydroxyl groups is 1. The summed E-state index contributed by atoms with van der Waals surface area (Å²) in [6.07, 6.45) is 6.69. The Balaban J connectivity index is 1.64. The Morgan fingerprint density at radius 1 is 1.13 bits per heavy atom. The number of terminal acetylenes is 1. The molecule has 194 valence electrons. The number of hydrogen-bond acceptors (Lipinski definition) is 7. The Morgan fingerprint density at radius 3 is 2.42 bits per heavy atom. The number of carbonyl (C=O) groups is 1. The number of rotatable bonds is 9. The van der Waals surface area contributed by atoms with Gasteiger partial charge in [-0.1, -0.05) is 36.3 Å². The number of carbonyl (C=O) groups excluding carboxylic acids is 1. The molecule has 0 aliphatic heterocycles. The van der Waals surface area contributed by atoms with Gasteiger partial charge in [0.15, 0.2) is 15.6 Å². The molecule has 4 rings (SSSR count). The van der Waals surface area contributed by atoms with Gasteiger partial charge in [-0.05, 0) is 60.0 Å². The number of aromatic nitrogens is 2. The average molecular weight is 530 g/mol. The van der Waals surface area contributed by atoms with Gasteiger partial charge in [0.05, 0.1) is 17.4 Å². The molecule has 0 spiro atoms. The molecule has 1 atom stereocenters. The first kappa shape index (κ1) is 26.8. The fourth-order valence-corrected chi connectivity index (χ4v) is 5.57. The standard InChI is InChI=1S/C29H27N3O5S/c1-4-14-32(17-22-16-24-25(15-19(22)2)30-26(18-33)31-29(24)35)23-12-10-20(11-13-23)27(34)28(38(3,36)37)21-8-6-5-7-9-21/h1,5-13,15-16,28,33H,14,17-18H2,2-3H3,(H,30,31,35). The smallest absolute Gasteiger partial charge is 0.258 e. The Morgan fingerprint density at radius 2 is 1.82 bits per heavy atom. The van der Waals surface area contributed by atoms with E-state index in [2.05, 4.69) is 15.9 Å². The molecule has 0 radical (unpaired) electrons. The van der Waals surface area contributed by atoms with Crippen LogP contribution in [-0.4, -0.2) is 42.1 Å². The SMILES string of the molecule is C#CCN(Cc1cc2c(=O)[nH]c(CO)nc2cc1C)c1ccc(C(=O)C(c2ccccc2)S(C)(=O)=O)cc1. The van der Waals surface area contributed by atoms with Crippen molar-refractivity contribution in [2.75, 3.05) is 17.7 Å². The van der Waals surface area contributed by atoms with Gasteiger partial charge >= 0.3 is 0 Å². The number of nitrogens with one attached hydrogen (secondary N) is 1. The number of hydrogen-bond donors (Lipinski definition) is 2. The fourth-order valence-electron chi connectivity index (χ4n) is 4.39. The van der Waals surface area contributed by atoms with Crippen LogP contribution in [0.2, 0.25) is 0 Å². The van der Waals surface area contributed by atoms with Crippen molar-refractivity contribution < 1.29 is 18.3 Å². The number of ketones is 1. The topological polar surface area (TPSA) is 120 Å². The van der Waals surface area contributed by atoms with E-state index < -0.39 is 20.9 Å². The molecule has 38 heavy (non-hydrogen) atoms. The quantitative estimate of drug-likeness (QED) is 0.252. The van der Waals surface area contributed by atoms with Gasteiger partial charge in [0.1, 0.15) is 17.7 Å². The summed E-state index contributed by atoms with van der Waals surface area (Å²) in [7, 11) is -3.71. The molecular formula is C29H27N3O5S. The number of aromatic amines is 1. The lowest BCUT2D eigenvalue weighted by Gasteiger charge is -2.24. The molecule has 8 nitrogen and oxygen atoms in total. The summed E-state index contributed by atoms with van der Waals surface area (Å²) in [5, 5.41) is 8.43. The molecule has 1 heterocycles. The van der Waals surface area contributed by atoms with Crippen LogP contribution >= 0.6 is 0 Å². The molecule has 0 aliphatic rings. The highest BCUT2D eigenvalue weighted by atomic mass is 32.2. The van der Waals surface area contributed by atoms with E-state index in [1.807, 2.05) is 11.8 Å². The van der Waals surface area contributed by atoms with Crippen LogP contribution < -0.4 is 10.5 Å². The largest absolute Gasteiger partial charge is 0.388 e. The van der Waals surface area contributed by atoms with E-state index in [1.165, 1.54) is 0 Å². The van der Waals surface area contributed by atoms with Gasteiger partial charge in [-0.3, -0.25) is 9.59 Å². The Bertz CT molecular complexity index is 1690. The van der Waals surface area contributed by atoms with Gasteiger partial charge in [0, 0.05) is 24.1 Å². The molecule has 0 saturated carbocycles. The number of H-pyrrole nitrogens is 1. The van der Waals surface area contributed by atoms with Crippen LogP contribution in [-0.2, 0) is 23.0 Å². The second-order valence-electron chi connectivity index (χ2n) is 9.06. The van der Waals surface area contributed by atoms with Crippen LogP contribution in [0.3, 0.4) is 0 Å². The zero-order valence-corrected chi connectivity index (χ0v) is 21.8. The van der Waals surface area contributed by atoms with Crippen molar-refractivity contribution in [3.05, 3.63) is 105 Å². The average Bonchev–Trinajstić information content (AvgIpc) is 2.89. The lowest BCUT2D eigenvalue weighted by molar-refractivity contribution is 0.0987. The molecule has 2 N–H and O–H groups in total. The number of nitrogens with zero attached hydrogens (tertiary/aromatic N) is 2. The van der Waals surface area contributed by atoms with Crippen LogP contribution in [0.25, 0.3) is 10.9 Å². The summed E-state index contributed by atoms with van der Waals surface area (Å²) in [5.74, 6) is 2.33. The molecular weight excluding hydrogens is 502 g/mol. The van der Waals surface area contributed by atoms with E-state index in [0.29, 0.717) is 23.0 Å². The summed E-state index contributed by atoms with van der Waals surface area (Å²) in [5.41, 5.74) is 3.32. The van der Waals surface area contributed by atoms with E-state index in [4.69, 9.17) is 6.42 Å². The van der Waals surface area contributed by atoms with E-state index in [-0.39, 0.29) is 30.1 Å². The molecule has 1 unspecified atom stereocenters. The molecule has 9 heteroatoms. The maximum absolute atomic E-state index is 13.3. The van der Waals surface area contributed by atoms with Gasteiger partial charge < -0.3 is 15.0 Å². The van der Waals surface area contributed by atoms with E-state index in [0.717, 1.165) is 23.1 Å². The Labute approximate surface area is 220 Å². The van der Waals surface area contributed by atoms with Crippen LogP contribution in [0.1, 0.15) is 38.1 Å². The first-order valence-corrected chi connectivity index (χ1v) is 13.8. The highest BCUT2D eigenvalue weighted by Gasteiger charge is 2.31. The molecule has 0 fully saturated rings. The maximum atomic E-state index is 13.3. The van der Waals surface area contributed by atoms with Gasteiger partial charge in [-0.15, -0.1) is 6.42 Å². The maximum Gasteiger partial charge on any atom is 0.258 e. The molecule has 0 amide bonds. The minimum atomic E-state index is -3.71. The van der Waals surface area contributed by atoms with E-state index in [9.17, 15) is 23.1 Å². The lowest BCUT2D eigenvalue weighted by atomic mass is 10.0. The number of sulfone groups is 1. The van der Waals surface area contributed by atoms with Gasteiger partial charge in [-0.25, -0.2) is 13.4 Å². The van der Waals surface area contributed by atoms with Crippen molar-refractivity contribution >= 4 is 32.2 Å². The van der Waals surface area contributed by atoms with Gasteiger partial charge in [0.2, 0.25) is 0 Å². The molecule has 0 saturated heterocycles. The molecule has 3 aromatic carbocycles. The monoisotopic (exact) mass is 529 g/mol. The molecule has 0 bridgehead atoms. The third-order valence-electron chi connectivity index (χ3n) is 6.29. The first-order chi connectivity index (χ1) is 18.1. The normalized spacial score (nSPS) is 12.2. The minimum absolute atomic E-state index is 0.198. The molecule has 1 aromatic heterocycles. The van der Waals surface area contributed by atoms with Crippen molar-refractivity contribution in [1.29, 1.82) is 0 Å². The summed E-state index contributed by atoms with van der Waals surface area (Å²) in [6, 6.07) is 18.6. The van der Waals surface area contributed by atoms with E-state index in [1.54, 1.807) is 66.7 Å². The number of benzene rings is 3. The number of aryl methyl sites for hydroxylation is 1. The second-order valence-corrected chi connectivity index (χ2v) is 11.2. The third-order valence-corrected chi connectivity index (χ3v) is 7.63. The molecule has 4 aromatic rings. The lowest BCUT2D eigenvalue weighted by Crippen LogP contribution is -2.24. The number of Topliss-reactive ketones (excluding diaryl/α,β-unsaturated/α-hetero) is 1. The summed E-state index contributed by atoms with van der Waals surface area (Å²) >= 11 is 0. The predicted octanol–water partition coefficient (Wildman–Crippen LogP) is 3.33. The fraction of sp³-hybridized carbons (Fsp3) is 0.207. The van der Waals surface area contributed by atoms with Gasteiger partial charge in [0.25, 0.3) is 5.56 Å². The van der Waals surface area contributed by atoms with Crippen LogP contribution in [0.15, 0.2) is 71.5 Å². The van der Waals surface area contributed by atoms with Crippen molar-refractivity contribution in [2.24, 2.45) is 0 Å². The van der Waals surface area contributed by atoms with Crippen molar-refractivity contribution in [1.82, 2.24) is 9.97 Å². The van der Waals surface area contributed by atoms with Crippen LogP contribution in [0.5, 0.6) is 0 Å². The summed E-state index contributed by atoms with van der Waals surface area (Å²) in [4.78, 5) is 34.5. The van der Waals surface area contributed by atoms with E-state index >= 15 is 0 Å². The number of fused-ring (bicyclic) bond motifs is 1. The Kier molecular flexibility index (Phi) is 7.76. The number of anilines is 1. The predicted molar refractivity (Wildman–Crippen MR) is 148 cm³/mol.